The van der Waals surface area contributed by atoms with Crippen molar-refractivity contribution >= 4 is 35.2 Å². The Hall–Kier alpha value is -17.6. The quantitative estimate of drug-likeness (QED) is 0.0261. The Balaban J connectivity index is 0.000000172. The van der Waals surface area contributed by atoms with Crippen molar-refractivity contribution in [2.45, 2.75) is 55.9 Å². The third kappa shape index (κ3) is 24.7. The second-order valence-corrected chi connectivity index (χ2v) is 29.0. The monoisotopic (exact) mass is 1810 g/mol. The lowest BCUT2D eigenvalue weighted by molar-refractivity contribution is 0.0525. The van der Waals surface area contributed by atoms with Gasteiger partial charge in [0.05, 0.1) is 88.2 Å². The van der Waals surface area contributed by atoms with Crippen molar-refractivity contribution in [1.29, 1.82) is 0 Å². The van der Waals surface area contributed by atoms with Crippen molar-refractivity contribution in [2.75, 3.05) is 59.9 Å². The van der Waals surface area contributed by atoms with E-state index in [0.717, 1.165) is 68.8 Å². The van der Waals surface area contributed by atoms with Gasteiger partial charge in [0, 0.05) is 57.4 Å². The number of rotatable bonds is 25. The summed E-state index contributed by atoms with van der Waals surface area (Å²) in [6, 6.07) is 91.7. The Labute approximate surface area is 782 Å². The van der Waals surface area contributed by atoms with E-state index in [4.69, 9.17) is 43.1 Å². The third-order valence-corrected chi connectivity index (χ3v) is 20.5. The number of anilines is 4. The summed E-state index contributed by atoms with van der Waals surface area (Å²) in [7, 11) is 9.06. The van der Waals surface area contributed by atoms with Crippen LogP contribution in [0.5, 0.6) is 57.5 Å². The number of aromatic hydroxyl groups is 5. The van der Waals surface area contributed by atoms with Crippen molar-refractivity contribution in [1.82, 2.24) is 59.8 Å². The molecule has 28 nitrogen and oxygen atoms in total. The van der Waals surface area contributed by atoms with Crippen molar-refractivity contribution in [3.05, 3.63) is 326 Å². The van der Waals surface area contributed by atoms with Gasteiger partial charge in [-0.1, -0.05) is 164 Å². The highest BCUT2D eigenvalue weighted by atomic mass is 16.5. The number of aromatic nitrogens is 12. The van der Waals surface area contributed by atoms with E-state index in [2.05, 4.69) is 104 Å². The van der Waals surface area contributed by atoms with E-state index in [9.17, 15) is 35.1 Å². The lowest BCUT2D eigenvalue weighted by atomic mass is 10.0. The fourth-order valence-electron chi connectivity index (χ4n) is 13.4. The molecule has 0 radical (unpaired) electrons. The van der Waals surface area contributed by atoms with Gasteiger partial charge in [0.2, 0.25) is 11.9 Å². The van der Waals surface area contributed by atoms with Gasteiger partial charge in [-0.2, -0.15) is 19.9 Å². The molecule has 0 atom stereocenters. The lowest BCUT2D eigenvalue weighted by Gasteiger charge is -2.12. The van der Waals surface area contributed by atoms with E-state index in [1.54, 1.807) is 130 Å². The average Bonchev–Trinajstić information content (AvgIpc) is 0.793. The fourth-order valence-corrected chi connectivity index (χ4v) is 13.4. The van der Waals surface area contributed by atoms with Gasteiger partial charge in [-0.25, -0.2) is 49.5 Å². The molecule has 13 aromatic carbocycles. The van der Waals surface area contributed by atoms with Gasteiger partial charge in [-0.05, 0) is 200 Å². The van der Waals surface area contributed by atoms with Gasteiger partial charge in [0.1, 0.15) is 57.5 Å². The maximum Gasteiger partial charge on any atom is 0.338 e. The molecule has 17 aromatic rings. The molecule has 684 valence electrons. The highest BCUT2D eigenvalue weighted by molar-refractivity contribution is 5.91. The summed E-state index contributed by atoms with van der Waals surface area (Å²) >= 11 is 0. The maximum atomic E-state index is 11.9. The zero-order valence-electron chi connectivity index (χ0n) is 73.3. The van der Waals surface area contributed by atoms with Crippen LogP contribution in [0, 0.1) is 0 Å². The molecule has 0 aliphatic rings. The van der Waals surface area contributed by atoms with Crippen molar-refractivity contribution in [3.8, 4) is 183 Å². The summed E-state index contributed by atoms with van der Waals surface area (Å²) < 4.78 is 35.7. The molecule has 0 unspecified atom stereocenters. The number of ether oxygens (including phenoxy) is 7. The molecule has 28 heteroatoms. The second kappa shape index (κ2) is 46.6. The van der Waals surface area contributed by atoms with Crippen LogP contribution in [0.15, 0.2) is 303 Å². The minimum absolute atomic E-state index is 0. The Kier molecular flexibility index (Phi) is 33.9. The van der Waals surface area contributed by atoms with Gasteiger partial charge in [0.25, 0.3) is 0 Å². The van der Waals surface area contributed by atoms with E-state index in [0.29, 0.717) is 121 Å². The second-order valence-electron chi connectivity index (χ2n) is 29.0. The number of methoxy groups -OCH3 is 6. The summed E-state index contributed by atoms with van der Waals surface area (Å²) in [5.74, 6) is 6.69. The van der Waals surface area contributed by atoms with Gasteiger partial charge >= 0.3 is 11.9 Å². The minimum Gasteiger partial charge on any atom is -0.507 e. The largest absolute Gasteiger partial charge is 0.507 e. The molecule has 7 N–H and O–H groups in total. The van der Waals surface area contributed by atoms with Crippen LogP contribution in [-0.4, -0.2) is 147 Å². The number of nitrogens with one attached hydrogen (secondary N) is 2. The summed E-state index contributed by atoms with van der Waals surface area (Å²) in [4.78, 5) is 78.8. The molecule has 0 fully saturated rings. The number of nitrogens with zero attached hydrogens (tertiary/aromatic N) is 12. The van der Waals surface area contributed by atoms with E-state index in [1.165, 1.54) is 52.2 Å². The Morgan fingerprint density at radius 2 is 0.533 bits per heavy atom. The number of hydrogen-bond donors (Lipinski definition) is 7. The first-order chi connectivity index (χ1) is 64.3. The molecule has 0 saturated heterocycles. The van der Waals surface area contributed by atoms with Crippen molar-refractivity contribution in [2.24, 2.45) is 0 Å². The number of para-hydroxylation sites is 1. The lowest BCUT2D eigenvalue weighted by Crippen LogP contribution is -2.05. The first-order valence-corrected chi connectivity index (χ1v) is 41.7. The number of esters is 2. The highest BCUT2D eigenvalue weighted by Crippen LogP contribution is 2.40. The molecule has 4 heterocycles. The SMILES string of the molecule is C.C.C.CCOC(=O)c1ccc(Nc2nc(-c3ccc(CC)cc3)nc(-c3ccc(OC)cc3)n2)cc1.CCc1ccc(-c2nc(-c3ccc(OC)cc3)nc(-c3ccc(OC)cc3O)n2)c(O)c1.COC(=O)c1ccc(Nc2nc(-c3ccc(OC)cc3O)nc(-c3ccc(OC)cc3O)n2)cc1.Oc1ccccc1-c1nc(-c2ccccc2)nc(-c2ccc(-c3ccccc3)cc2)n1. The number of carbonyl (C=O) groups excluding carboxylic acids is 2. The predicted octanol–water partition coefficient (Wildman–Crippen LogP) is 22.9. The van der Waals surface area contributed by atoms with Crippen LogP contribution in [0.25, 0.3) is 125 Å². The number of aryl methyl sites for hydroxylation is 2. The summed E-state index contributed by atoms with van der Waals surface area (Å²) in [5, 5.41) is 58.9. The first kappa shape index (κ1) is 98.0. The van der Waals surface area contributed by atoms with Gasteiger partial charge in [0.15, 0.2) is 58.2 Å². The van der Waals surface area contributed by atoms with Crippen molar-refractivity contribution < 1.29 is 68.3 Å². The third-order valence-electron chi connectivity index (χ3n) is 20.5. The molecular weight excluding hydrogens is 1710 g/mol. The van der Waals surface area contributed by atoms with Crippen LogP contribution in [0.3, 0.4) is 0 Å². The molecule has 0 aliphatic carbocycles. The summed E-state index contributed by atoms with van der Waals surface area (Å²) in [6.07, 6.45) is 1.76. The summed E-state index contributed by atoms with van der Waals surface area (Å²) in [5.41, 5.74) is 13.2. The molecule has 0 bridgehead atoms. The summed E-state index contributed by atoms with van der Waals surface area (Å²) in [6.45, 7) is 6.25. The van der Waals surface area contributed by atoms with Crippen LogP contribution in [-0.2, 0) is 22.3 Å². The van der Waals surface area contributed by atoms with Crippen molar-refractivity contribution in [3.63, 3.8) is 0 Å². The van der Waals surface area contributed by atoms with E-state index in [1.807, 2.05) is 146 Å². The number of phenolic OH excluding ortho intramolecular Hbond substituents is 5. The average molecular weight is 1810 g/mol. The molecule has 4 aromatic heterocycles. The first-order valence-electron chi connectivity index (χ1n) is 41.7. The number of carbonyl (C=O) groups is 2. The Morgan fingerprint density at radius 3 is 0.896 bits per heavy atom. The van der Waals surface area contributed by atoms with Crippen LogP contribution in [0.1, 0.15) is 74.9 Å². The van der Waals surface area contributed by atoms with Crippen LogP contribution >= 0.6 is 0 Å². The predicted molar refractivity (Wildman–Crippen MR) is 526 cm³/mol. The molecule has 0 spiro atoms. The van der Waals surface area contributed by atoms with E-state index >= 15 is 0 Å². The number of hydrogen-bond acceptors (Lipinski definition) is 28. The number of phenols is 5. The Bertz CT molecular complexity index is 6650. The fraction of sp³-hybridized carbons (Fsp3) is 0.140. The molecule has 0 aliphatic heterocycles. The zero-order valence-corrected chi connectivity index (χ0v) is 73.3. The van der Waals surface area contributed by atoms with E-state index in [-0.39, 0.29) is 80.4 Å². The molecule has 0 saturated carbocycles. The number of benzene rings is 13. The van der Waals surface area contributed by atoms with Gasteiger partial charge < -0.3 is 69.3 Å². The van der Waals surface area contributed by atoms with Crippen LogP contribution in [0.4, 0.5) is 23.3 Å². The van der Waals surface area contributed by atoms with Gasteiger partial charge in [-0.15, -0.1) is 0 Å². The minimum atomic E-state index is -0.453. The zero-order chi connectivity index (χ0) is 92.6. The highest BCUT2D eigenvalue weighted by Gasteiger charge is 2.23. The van der Waals surface area contributed by atoms with Gasteiger partial charge in [-0.3, -0.25) is 0 Å². The van der Waals surface area contributed by atoms with Crippen LogP contribution < -0.4 is 34.3 Å². The Morgan fingerprint density at radius 1 is 0.259 bits per heavy atom. The van der Waals surface area contributed by atoms with E-state index < -0.39 is 5.97 Å². The topological polar surface area (TPSA) is 379 Å². The standard InChI is InChI=1S/C27H26N4O3.C27H19N3O.C25H22N4O6.C25H23N3O4.3CH4/c1-4-18-6-8-19(9-7-18)24-29-25(20-12-16-23(33-3)17-13-20)31-27(30-24)28-22-14-10-21(11-15-22)26(32)34-5-2;31-24-14-8-7-13-23(24)27-29-25(21-11-5-2-6-12-21)28-26(30-27)22-17-15-20(16-18-22)19-9-3-1-4-10-19;1-33-16-8-10-18(20(30)12-16)22-27-23(19-11-9-17(34-2)13-21(19)31)29-25(28-22)26-15-6-4-14(5-7-15)24(32)35-3;1-4-15-5-11-19(21(29)13-15)24-26-23(16-6-8-17(31-2)9-7-16)27-25(28-24)20-12-10-18(32-3)14-22(20)30;;;/h6-17H,4-5H2,1-3H3,(H,28,29,30,31);1-18,31H;4-13,30-31H,1-3H3,(H,26,27,28,29);5-14,29-30H,4H2,1-3H3;3*1H4. The molecule has 135 heavy (non-hydrogen) atoms. The smallest absolute Gasteiger partial charge is 0.338 e. The molecular formula is C107H102N14O14. The molecule has 0 amide bonds. The van der Waals surface area contributed by atoms with Crippen LogP contribution in [0.2, 0.25) is 0 Å². The molecule has 17 rings (SSSR count). The maximum absolute atomic E-state index is 11.9. The normalized spacial score (nSPS) is 10.4.